The monoisotopic (exact) mass is 549 g/mol. The zero-order valence-electron chi connectivity index (χ0n) is 19.3. The highest BCUT2D eigenvalue weighted by atomic mass is 79.9. The summed E-state index contributed by atoms with van der Waals surface area (Å²) >= 11 is 3.40. The number of carbonyl (C=O) groups excluding carboxylic acids is 2. The molecule has 1 saturated heterocycles. The number of aliphatic hydroxyl groups is 1. The van der Waals surface area contributed by atoms with Gasteiger partial charge < -0.3 is 15.3 Å². The molecule has 0 spiro atoms. The molecule has 0 atom stereocenters. The quantitative estimate of drug-likeness (QED) is 0.264. The Labute approximate surface area is 216 Å². The van der Waals surface area contributed by atoms with Crippen molar-refractivity contribution in [3.8, 4) is 0 Å². The van der Waals surface area contributed by atoms with Crippen LogP contribution in [0.5, 0.6) is 0 Å². The van der Waals surface area contributed by atoms with E-state index in [-0.39, 0.29) is 22.9 Å². The molecule has 3 aromatic carbocycles. The van der Waals surface area contributed by atoms with Crippen LogP contribution in [0.25, 0.3) is 6.08 Å². The van der Waals surface area contributed by atoms with Gasteiger partial charge >= 0.3 is 0 Å². The van der Waals surface area contributed by atoms with Crippen molar-refractivity contribution in [3.05, 3.63) is 116 Å². The summed E-state index contributed by atoms with van der Waals surface area (Å²) in [6.07, 6.45) is 2.31. The maximum atomic E-state index is 13.5. The van der Waals surface area contributed by atoms with Crippen LogP contribution in [0, 0.1) is 10.1 Å². The fourth-order valence-corrected chi connectivity index (χ4v) is 4.36. The molecule has 4 rings (SSSR count). The molecule has 1 aliphatic rings. The third-order valence-electron chi connectivity index (χ3n) is 6.19. The number of piperidine rings is 1. The third kappa shape index (κ3) is 5.87. The van der Waals surface area contributed by atoms with Gasteiger partial charge in [0.15, 0.2) is 0 Å². The average Bonchev–Trinajstić information content (AvgIpc) is 2.89. The molecule has 0 unspecified atom stereocenters. The summed E-state index contributed by atoms with van der Waals surface area (Å²) in [6, 6.07) is 21.8. The third-order valence-corrected chi connectivity index (χ3v) is 6.72. The van der Waals surface area contributed by atoms with Crippen LogP contribution in [0.3, 0.4) is 0 Å². The highest BCUT2D eigenvalue weighted by Crippen LogP contribution is 2.33. The van der Waals surface area contributed by atoms with E-state index >= 15 is 0 Å². The summed E-state index contributed by atoms with van der Waals surface area (Å²) in [5.41, 5.74) is 0.629. The first kappa shape index (κ1) is 25.3. The Balaban J connectivity index is 1.52. The summed E-state index contributed by atoms with van der Waals surface area (Å²) in [5, 5.41) is 24.8. The van der Waals surface area contributed by atoms with E-state index in [1.807, 2.05) is 54.6 Å². The van der Waals surface area contributed by atoms with Gasteiger partial charge in [0.05, 0.1) is 10.5 Å². The van der Waals surface area contributed by atoms with Gasteiger partial charge in [-0.1, -0.05) is 58.4 Å². The second-order valence-corrected chi connectivity index (χ2v) is 9.47. The SMILES string of the molecule is O=C(N/C(=C\c1ccccc1)C(=O)N1CCC(O)(c2ccc(Br)cc2)CC1)c1ccc([N+](=O)[O-])cc1. The van der Waals surface area contributed by atoms with Gasteiger partial charge in [-0.05, 0) is 54.3 Å². The van der Waals surface area contributed by atoms with Gasteiger partial charge in [-0.2, -0.15) is 0 Å². The number of nitrogens with zero attached hydrogens (tertiary/aromatic N) is 2. The van der Waals surface area contributed by atoms with Crippen LogP contribution in [0.1, 0.15) is 34.3 Å². The van der Waals surface area contributed by atoms with Crippen molar-refractivity contribution in [1.82, 2.24) is 10.2 Å². The number of hydrogen-bond acceptors (Lipinski definition) is 5. The van der Waals surface area contributed by atoms with Crippen molar-refractivity contribution in [2.75, 3.05) is 13.1 Å². The number of non-ortho nitro benzene ring substituents is 1. The zero-order valence-corrected chi connectivity index (χ0v) is 20.8. The molecule has 0 bridgehead atoms. The van der Waals surface area contributed by atoms with Crippen molar-refractivity contribution >= 4 is 39.5 Å². The zero-order chi connectivity index (χ0) is 25.7. The number of halogens is 1. The summed E-state index contributed by atoms with van der Waals surface area (Å²) in [4.78, 5) is 38.3. The molecule has 3 aromatic rings. The fraction of sp³-hybridized carbons (Fsp3) is 0.185. The van der Waals surface area contributed by atoms with Gasteiger partial charge in [-0.25, -0.2) is 0 Å². The lowest BCUT2D eigenvalue weighted by Gasteiger charge is -2.38. The summed E-state index contributed by atoms with van der Waals surface area (Å²) in [6.45, 7) is 0.621. The molecular weight excluding hydrogens is 526 g/mol. The molecular formula is C27H24BrN3O5. The Morgan fingerprint density at radius 1 is 0.972 bits per heavy atom. The maximum Gasteiger partial charge on any atom is 0.270 e. The molecule has 8 nitrogen and oxygen atoms in total. The number of carbonyl (C=O) groups is 2. The number of nitrogens with one attached hydrogen (secondary N) is 1. The number of amides is 2. The van der Waals surface area contributed by atoms with E-state index in [2.05, 4.69) is 21.2 Å². The van der Waals surface area contributed by atoms with E-state index < -0.39 is 16.4 Å². The number of benzene rings is 3. The van der Waals surface area contributed by atoms with Crippen molar-refractivity contribution in [3.63, 3.8) is 0 Å². The Morgan fingerprint density at radius 3 is 2.17 bits per heavy atom. The lowest BCUT2D eigenvalue weighted by Crippen LogP contribution is -2.47. The van der Waals surface area contributed by atoms with E-state index in [1.165, 1.54) is 24.3 Å². The maximum absolute atomic E-state index is 13.5. The molecule has 0 saturated carbocycles. The predicted octanol–water partition coefficient (Wildman–Crippen LogP) is 4.64. The highest BCUT2D eigenvalue weighted by molar-refractivity contribution is 9.10. The van der Waals surface area contributed by atoms with Crippen molar-refractivity contribution in [2.45, 2.75) is 18.4 Å². The molecule has 2 amide bonds. The molecule has 36 heavy (non-hydrogen) atoms. The minimum absolute atomic E-state index is 0.0821. The minimum atomic E-state index is -1.04. The smallest absolute Gasteiger partial charge is 0.270 e. The van der Waals surface area contributed by atoms with Gasteiger partial charge in [0.2, 0.25) is 0 Å². The molecule has 0 aliphatic carbocycles. The molecule has 2 N–H and O–H groups in total. The number of nitro benzene ring substituents is 1. The first-order valence-corrected chi connectivity index (χ1v) is 12.1. The van der Waals surface area contributed by atoms with Crippen molar-refractivity contribution in [2.24, 2.45) is 0 Å². The molecule has 184 valence electrons. The van der Waals surface area contributed by atoms with E-state index in [0.29, 0.717) is 25.9 Å². The molecule has 1 aliphatic heterocycles. The lowest BCUT2D eigenvalue weighted by molar-refractivity contribution is -0.384. The summed E-state index contributed by atoms with van der Waals surface area (Å²) in [5.74, 6) is -0.921. The topological polar surface area (TPSA) is 113 Å². The number of likely N-dealkylation sites (tertiary alicyclic amines) is 1. The van der Waals surface area contributed by atoms with E-state index in [0.717, 1.165) is 15.6 Å². The largest absolute Gasteiger partial charge is 0.385 e. The number of nitro groups is 1. The number of rotatable bonds is 6. The molecule has 0 aromatic heterocycles. The second kappa shape index (κ2) is 10.8. The Bertz CT molecular complexity index is 1280. The van der Waals surface area contributed by atoms with Crippen LogP contribution >= 0.6 is 15.9 Å². The Hall–Kier alpha value is -3.82. The number of hydrogen-bond donors (Lipinski definition) is 2. The van der Waals surface area contributed by atoms with Gasteiger partial charge in [-0.3, -0.25) is 19.7 Å². The van der Waals surface area contributed by atoms with Crippen LogP contribution in [0.2, 0.25) is 0 Å². The van der Waals surface area contributed by atoms with Crippen LogP contribution in [-0.4, -0.2) is 39.8 Å². The molecule has 0 radical (unpaired) electrons. The van der Waals surface area contributed by atoms with Crippen molar-refractivity contribution < 1.29 is 19.6 Å². The second-order valence-electron chi connectivity index (χ2n) is 8.56. The van der Waals surface area contributed by atoms with E-state index in [9.17, 15) is 24.8 Å². The van der Waals surface area contributed by atoms with Gasteiger partial charge in [0, 0.05) is 35.3 Å². The molecule has 9 heteroatoms. The van der Waals surface area contributed by atoms with E-state index in [1.54, 1.807) is 11.0 Å². The summed E-state index contributed by atoms with van der Waals surface area (Å²) < 4.78 is 0.918. The predicted molar refractivity (Wildman–Crippen MR) is 139 cm³/mol. The summed E-state index contributed by atoms with van der Waals surface area (Å²) in [7, 11) is 0. The molecule has 1 heterocycles. The Kier molecular flexibility index (Phi) is 7.61. The first-order valence-electron chi connectivity index (χ1n) is 11.4. The van der Waals surface area contributed by atoms with Gasteiger partial charge in [0.25, 0.3) is 17.5 Å². The van der Waals surface area contributed by atoms with Gasteiger partial charge in [0.1, 0.15) is 5.70 Å². The first-order chi connectivity index (χ1) is 17.2. The average molecular weight is 550 g/mol. The van der Waals surface area contributed by atoms with Crippen LogP contribution in [0.15, 0.2) is 89.0 Å². The fourth-order valence-electron chi connectivity index (χ4n) is 4.10. The standard InChI is InChI=1S/C27H24BrN3O5/c28-22-10-8-21(9-11-22)27(34)14-16-30(17-15-27)26(33)24(18-19-4-2-1-3-5-19)29-25(32)20-6-12-23(13-7-20)31(35)36/h1-13,18,34H,14-17H2,(H,29,32)/b24-18-. The lowest BCUT2D eigenvalue weighted by atomic mass is 9.84. The highest BCUT2D eigenvalue weighted by Gasteiger charge is 2.36. The van der Waals surface area contributed by atoms with E-state index in [4.69, 9.17) is 0 Å². The van der Waals surface area contributed by atoms with Crippen molar-refractivity contribution in [1.29, 1.82) is 0 Å². The van der Waals surface area contributed by atoms with Gasteiger partial charge in [-0.15, -0.1) is 0 Å². The van der Waals surface area contributed by atoms with Crippen LogP contribution in [-0.2, 0) is 10.4 Å². The Morgan fingerprint density at radius 2 is 1.58 bits per heavy atom. The van der Waals surface area contributed by atoms with Crippen LogP contribution < -0.4 is 5.32 Å². The normalized spacial score (nSPS) is 15.3. The molecule has 1 fully saturated rings. The minimum Gasteiger partial charge on any atom is -0.385 e. The van der Waals surface area contributed by atoms with Crippen LogP contribution in [0.4, 0.5) is 5.69 Å².